The average Bonchev–Trinajstić information content (AvgIpc) is 2.79. The van der Waals surface area contributed by atoms with E-state index in [0.717, 1.165) is 19.3 Å². The Morgan fingerprint density at radius 1 is 1.00 bits per heavy atom. The second-order valence-corrected chi connectivity index (χ2v) is 8.99. The molecule has 4 aliphatic rings. The van der Waals surface area contributed by atoms with E-state index in [9.17, 15) is 25.5 Å². The Hall–Kier alpha value is -0.280. The summed E-state index contributed by atoms with van der Waals surface area (Å²) in [7, 11) is 0. The topological polar surface area (TPSA) is 120 Å². The molecule has 1 aliphatic heterocycles. The van der Waals surface area contributed by atoms with E-state index in [1.54, 1.807) is 0 Å². The van der Waals surface area contributed by atoms with E-state index in [2.05, 4.69) is 13.8 Å². The first-order valence-corrected chi connectivity index (χ1v) is 9.35. The van der Waals surface area contributed by atoms with Gasteiger partial charge in [-0.15, -0.1) is 0 Å². The summed E-state index contributed by atoms with van der Waals surface area (Å²) < 4.78 is 12.0. The lowest BCUT2D eigenvalue weighted by atomic mass is 9.57. The molecule has 4 rings (SSSR count). The van der Waals surface area contributed by atoms with Crippen LogP contribution in [0, 0.1) is 16.7 Å². The summed E-state index contributed by atoms with van der Waals surface area (Å²) >= 11 is 0. The van der Waals surface area contributed by atoms with Crippen LogP contribution in [0.15, 0.2) is 0 Å². The Labute approximate surface area is 147 Å². The summed E-state index contributed by atoms with van der Waals surface area (Å²) in [4.78, 5) is 0. The van der Waals surface area contributed by atoms with Crippen molar-refractivity contribution >= 4 is 0 Å². The fourth-order valence-electron chi connectivity index (χ4n) is 6.48. The number of aliphatic hydroxyl groups is 5. The summed E-state index contributed by atoms with van der Waals surface area (Å²) in [5, 5.41) is 50.2. The highest BCUT2D eigenvalue weighted by atomic mass is 16.7. The molecule has 0 aromatic rings. The summed E-state index contributed by atoms with van der Waals surface area (Å²) in [5.41, 5.74) is -0.780. The van der Waals surface area contributed by atoms with Crippen molar-refractivity contribution in [3.63, 3.8) is 0 Å². The van der Waals surface area contributed by atoms with Crippen molar-refractivity contribution in [1.82, 2.24) is 0 Å². The molecule has 7 heteroatoms. The smallest absolute Gasteiger partial charge is 0.187 e. The Morgan fingerprint density at radius 2 is 1.72 bits per heavy atom. The molecule has 1 heterocycles. The molecule has 0 aromatic carbocycles. The minimum Gasteiger partial charge on any atom is -0.394 e. The van der Waals surface area contributed by atoms with Gasteiger partial charge in [-0.3, -0.25) is 0 Å². The molecule has 5 N–H and O–H groups in total. The van der Waals surface area contributed by atoms with Crippen molar-refractivity contribution in [3.8, 4) is 0 Å². The number of hydrogen-bond donors (Lipinski definition) is 5. The minimum absolute atomic E-state index is 0.0151. The third kappa shape index (κ3) is 2.12. The molecule has 0 amide bonds. The quantitative estimate of drug-likeness (QED) is 0.462. The number of aliphatic hydroxyl groups excluding tert-OH is 5. The molecule has 3 aliphatic carbocycles. The zero-order valence-electron chi connectivity index (χ0n) is 14.8. The highest BCUT2D eigenvalue weighted by molar-refractivity contribution is 5.24. The first kappa shape index (κ1) is 18.1. The van der Waals surface area contributed by atoms with Crippen LogP contribution < -0.4 is 0 Å². The molecule has 0 spiro atoms. The molecular formula is C18H30O7. The molecule has 4 bridgehead atoms. The van der Waals surface area contributed by atoms with Crippen molar-refractivity contribution in [1.29, 1.82) is 0 Å². The van der Waals surface area contributed by atoms with Crippen molar-refractivity contribution in [2.45, 2.75) is 88.4 Å². The Morgan fingerprint density at radius 3 is 2.40 bits per heavy atom. The van der Waals surface area contributed by atoms with Crippen LogP contribution in [-0.2, 0) is 9.47 Å². The van der Waals surface area contributed by atoms with Gasteiger partial charge in [-0.2, -0.15) is 0 Å². The van der Waals surface area contributed by atoms with Crippen LogP contribution in [0.25, 0.3) is 0 Å². The fraction of sp³-hybridized carbons (Fsp3) is 1.00. The van der Waals surface area contributed by atoms with Crippen LogP contribution in [-0.4, -0.2) is 74.6 Å². The van der Waals surface area contributed by atoms with E-state index in [0.29, 0.717) is 12.8 Å². The summed E-state index contributed by atoms with van der Waals surface area (Å²) in [6.45, 7) is 3.92. The van der Waals surface area contributed by atoms with Crippen LogP contribution in [0.4, 0.5) is 0 Å². The SMILES string of the molecule is C[C@]12C[C@@H](O)[C@@H]3C[C@@]1(O[C@@H]1O[C@H](CO)[C@@H](O)[C@H](O)[C@H]1O)CCC[C@@]32C. The molecule has 4 fully saturated rings. The van der Waals surface area contributed by atoms with Gasteiger partial charge in [0.05, 0.1) is 18.3 Å². The van der Waals surface area contributed by atoms with Gasteiger partial charge in [-0.1, -0.05) is 13.8 Å². The van der Waals surface area contributed by atoms with E-state index < -0.39 is 42.9 Å². The molecule has 10 atom stereocenters. The standard InChI is InChI=1S/C18H30O7/c1-16-4-3-5-18(6-9(16)10(20)7-17(16,18)2)25-15-14(23)13(22)12(21)11(8-19)24-15/h9-15,19-23H,3-8H2,1-2H3/t9-,10+,11+,12+,13-,14+,15-,16-,17+,18-/m0/s1. The third-order valence-electron chi connectivity index (χ3n) is 8.18. The zero-order valence-corrected chi connectivity index (χ0v) is 14.8. The zero-order chi connectivity index (χ0) is 18.2. The van der Waals surface area contributed by atoms with Gasteiger partial charge >= 0.3 is 0 Å². The van der Waals surface area contributed by atoms with Gasteiger partial charge in [-0.05, 0) is 43.4 Å². The molecule has 3 saturated carbocycles. The maximum Gasteiger partial charge on any atom is 0.187 e. The second-order valence-electron chi connectivity index (χ2n) is 8.99. The third-order valence-corrected chi connectivity index (χ3v) is 8.18. The average molecular weight is 358 g/mol. The second kappa shape index (κ2) is 5.61. The highest BCUT2D eigenvalue weighted by Gasteiger charge is 2.75. The van der Waals surface area contributed by atoms with E-state index in [1.807, 2.05) is 0 Å². The summed E-state index contributed by atoms with van der Waals surface area (Å²) in [6, 6.07) is 0. The maximum absolute atomic E-state index is 10.5. The van der Waals surface area contributed by atoms with Crippen molar-refractivity contribution in [3.05, 3.63) is 0 Å². The fourth-order valence-corrected chi connectivity index (χ4v) is 6.48. The molecule has 0 aromatic heterocycles. The van der Waals surface area contributed by atoms with E-state index >= 15 is 0 Å². The van der Waals surface area contributed by atoms with Gasteiger partial charge in [0, 0.05) is 5.41 Å². The van der Waals surface area contributed by atoms with Gasteiger partial charge in [0.2, 0.25) is 0 Å². The van der Waals surface area contributed by atoms with Gasteiger partial charge < -0.3 is 35.0 Å². The normalized spacial score (nSPS) is 60.8. The van der Waals surface area contributed by atoms with E-state index in [1.165, 1.54) is 0 Å². The van der Waals surface area contributed by atoms with Crippen LogP contribution in [0.1, 0.15) is 46.0 Å². The first-order valence-electron chi connectivity index (χ1n) is 9.35. The predicted octanol–water partition coefficient (Wildman–Crippen LogP) is -0.477. The summed E-state index contributed by atoms with van der Waals surface area (Å²) in [6.07, 6.45) is -2.40. The number of ether oxygens (including phenoxy) is 2. The lowest BCUT2D eigenvalue weighted by molar-refractivity contribution is -0.346. The van der Waals surface area contributed by atoms with Crippen LogP contribution >= 0.6 is 0 Å². The minimum atomic E-state index is -1.43. The lowest BCUT2D eigenvalue weighted by Gasteiger charge is -2.55. The monoisotopic (exact) mass is 358 g/mol. The molecule has 25 heavy (non-hydrogen) atoms. The van der Waals surface area contributed by atoms with Gasteiger partial charge in [0.15, 0.2) is 6.29 Å². The Balaban J connectivity index is 1.62. The molecule has 0 unspecified atom stereocenters. The molecule has 0 radical (unpaired) electrons. The Kier molecular flexibility index (Phi) is 4.06. The van der Waals surface area contributed by atoms with Crippen molar-refractivity contribution in [2.75, 3.05) is 6.61 Å². The number of hydrogen-bond acceptors (Lipinski definition) is 7. The van der Waals surface area contributed by atoms with E-state index in [4.69, 9.17) is 9.47 Å². The molecular weight excluding hydrogens is 328 g/mol. The molecule has 144 valence electrons. The van der Waals surface area contributed by atoms with E-state index in [-0.39, 0.29) is 22.9 Å². The Bertz CT molecular complexity index is 542. The van der Waals surface area contributed by atoms with Crippen molar-refractivity contribution in [2.24, 2.45) is 16.7 Å². The van der Waals surface area contributed by atoms with Crippen molar-refractivity contribution < 1.29 is 35.0 Å². The van der Waals surface area contributed by atoms with Crippen LogP contribution in [0.5, 0.6) is 0 Å². The maximum atomic E-state index is 10.5. The molecule has 7 nitrogen and oxygen atoms in total. The van der Waals surface area contributed by atoms with Crippen LogP contribution in [0.3, 0.4) is 0 Å². The van der Waals surface area contributed by atoms with Gasteiger partial charge in [-0.25, -0.2) is 0 Å². The predicted molar refractivity (Wildman–Crippen MR) is 86.4 cm³/mol. The van der Waals surface area contributed by atoms with Gasteiger partial charge in [0.1, 0.15) is 24.4 Å². The summed E-state index contributed by atoms with van der Waals surface area (Å²) in [5.74, 6) is 0.157. The molecule has 1 saturated heterocycles. The van der Waals surface area contributed by atoms with Crippen LogP contribution in [0.2, 0.25) is 0 Å². The number of rotatable bonds is 3. The largest absolute Gasteiger partial charge is 0.394 e. The first-order chi connectivity index (χ1) is 11.7. The highest BCUT2D eigenvalue weighted by Crippen LogP contribution is 2.76. The van der Waals surface area contributed by atoms with Gasteiger partial charge in [0.25, 0.3) is 0 Å². The lowest BCUT2D eigenvalue weighted by Crippen LogP contribution is -2.63.